The van der Waals surface area contributed by atoms with Crippen LogP contribution in [0.1, 0.15) is 49.1 Å². The van der Waals surface area contributed by atoms with E-state index < -0.39 is 5.54 Å². The molecule has 5 aromatic rings. The Morgan fingerprint density at radius 1 is 0.829 bits per heavy atom. The molecule has 5 heteroatoms. The summed E-state index contributed by atoms with van der Waals surface area (Å²) in [5.74, 6) is 0.532. The van der Waals surface area contributed by atoms with E-state index in [1.165, 1.54) is 6.92 Å². The van der Waals surface area contributed by atoms with Crippen LogP contribution in [0.25, 0.3) is 10.9 Å². The van der Waals surface area contributed by atoms with Crippen molar-refractivity contribution in [2.45, 2.75) is 32.2 Å². The Balaban J connectivity index is 1.96. The Bertz CT molecular complexity index is 1360. The van der Waals surface area contributed by atoms with E-state index in [9.17, 15) is 4.79 Å². The van der Waals surface area contributed by atoms with Crippen LogP contribution >= 0.6 is 0 Å². The van der Waals surface area contributed by atoms with E-state index in [1.807, 2.05) is 30.5 Å². The largest absolute Gasteiger partial charge is 0.311 e. The van der Waals surface area contributed by atoms with Crippen LogP contribution < -0.4 is 5.32 Å². The molecule has 0 aliphatic heterocycles. The molecule has 0 saturated carbocycles. The van der Waals surface area contributed by atoms with Gasteiger partial charge in [0.05, 0.1) is 11.2 Å². The van der Waals surface area contributed by atoms with Crippen molar-refractivity contribution in [1.82, 2.24) is 14.8 Å². The molecule has 0 aliphatic rings. The number of pyridine rings is 1. The van der Waals surface area contributed by atoms with Crippen LogP contribution in [0.2, 0.25) is 0 Å². The third kappa shape index (κ3) is 3.89. The Labute approximate surface area is 205 Å². The maximum Gasteiger partial charge on any atom is 0.222 e. The molecule has 5 nitrogen and oxygen atoms in total. The molecular weight excluding hydrogens is 432 g/mol. The normalized spacial score (nSPS) is 11.7. The quantitative estimate of drug-likeness (QED) is 0.300. The summed E-state index contributed by atoms with van der Waals surface area (Å²) in [5.41, 5.74) is 4.40. The third-order valence-corrected chi connectivity index (χ3v) is 6.34. The van der Waals surface area contributed by atoms with Crippen LogP contribution in [0, 0.1) is 0 Å². The van der Waals surface area contributed by atoms with Crippen molar-refractivity contribution in [2.75, 3.05) is 5.32 Å². The van der Waals surface area contributed by atoms with Crippen molar-refractivity contribution < 1.29 is 4.79 Å². The highest BCUT2D eigenvalue weighted by Gasteiger charge is 2.41. The third-order valence-electron chi connectivity index (χ3n) is 6.34. The first-order valence-corrected chi connectivity index (χ1v) is 11.8. The molecule has 0 bridgehead atoms. The fourth-order valence-corrected chi connectivity index (χ4v) is 4.87. The van der Waals surface area contributed by atoms with Gasteiger partial charge >= 0.3 is 0 Å². The fourth-order valence-electron chi connectivity index (χ4n) is 4.87. The predicted molar refractivity (Wildman–Crippen MR) is 141 cm³/mol. The van der Waals surface area contributed by atoms with Crippen LogP contribution in [0.4, 0.5) is 5.82 Å². The van der Waals surface area contributed by atoms with E-state index in [-0.39, 0.29) is 11.8 Å². The molecule has 174 valence electrons. The van der Waals surface area contributed by atoms with Crippen LogP contribution in [0.5, 0.6) is 0 Å². The number of hydrogen-bond donors (Lipinski definition) is 1. The second kappa shape index (κ2) is 9.18. The smallest absolute Gasteiger partial charge is 0.222 e. The van der Waals surface area contributed by atoms with Crippen molar-refractivity contribution >= 4 is 22.6 Å². The second-order valence-corrected chi connectivity index (χ2v) is 9.03. The lowest BCUT2D eigenvalue weighted by Crippen LogP contribution is -2.38. The minimum absolute atomic E-state index is 0.160. The highest BCUT2D eigenvalue weighted by molar-refractivity contribution is 5.91. The van der Waals surface area contributed by atoms with Gasteiger partial charge in [0.15, 0.2) is 0 Å². The molecule has 0 fully saturated rings. The van der Waals surface area contributed by atoms with Crippen LogP contribution in [-0.4, -0.2) is 20.7 Å². The Kier molecular flexibility index (Phi) is 5.91. The van der Waals surface area contributed by atoms with E-state index in [4.69, 9.17) is 5.10 Å². The lowest BCUT2D eigenvalue weighted by molar-refractivity contribution is -0.114. The van der Waals surface area contributed by atoms with Crippen molar-refractivity contribution in [1.29, 1.82) is 0 Å². The van der Waals surface area contributed by atoms with Crippen molar-refractivity contribution in [3.8, 4) is 0 Å². The molecule has 1 amide bonds. The number of benzene rings is 3. The number of aromatic nitrogens is 3. The molecule has 0 aliphatic carbocycles. The number of carbonyl (C=O) groups excluding carboxylic acids is 1. The Morgan fingerprint density at radius 2 is 1.31 bits per heavy atom. The summed E-state index contributed by atoms with van der Waals surface area (Å²) in [7, 11) is 0. The van der Waals surface area contributed by atoms with Gasteiger partial charge in [0, 0.05) is 24.6 Å². The van der Waals surface area contributed by atoms with Gasteiger partial charge in [-0.3, -0.25) is 4.79 Å². The number of nitrogens with one attached hydrogen (secondary N) is 1. The molecule has 1 N–H and O–H groups in total. The van der Waals surface area contributed by atoms with E-state index in [0.717, 1.165) is 33.3 Å². The molecule has 3 aromatic carbocycles. The molecule has 2 heterocycles. The van der Waals surface area contributed by atoms with Gasteiger partial charge in [0.1, 0.15) is 11.4 Å². The summed E-state index contributed by atoms with van der Waals surface area (Å²) in [6.45, 7) is 5.77. The highest BCUT2D eigenvalue weighted by atomic mass is 16.1. The van der Waals surface area contributed by atoms with Crippen molar-refractivity contribution in [3.05, 3.63) is 126 Å². The molecule has 2 aromatic heterocycles. The lowest BCUT2D eigenvalue weighted by atomic mass is 9.77. The molecule has 0 unspecified atom stereocenters. The Hall–Kier alpha value is -4.25. The Morgan fingerprint density at radius 3 is 1.74 bits per heavy atom. The minimum atomic E-state index is -0.746. The number of nitrogens with zero attached hydrogens (tertiary/aromatic N) is 3. The molecule has 0 saturated heterocycles. The van der Waals surface area contributed by atoms with E-state index in [0.29, 0.717) is 5.82 Å². The zero-order chi connectivity index (χ0) is 24.4. The van der Waals surface area contributed by atoms with Gasteiger partial charge in [0.2, 0.25) is 5.91 Å². The topological polar surface area (TPSA) is 59.8 Å². The van der Waals surface area contributed by atoms with E-state index >= 15 is 0 Å². The number of hydrogen-bond acceptors (Lipinski definition) is 3. The number of anilines is 1. The maximum atomic E-state index is 11.8. The van der Waals surface area contributed by atoms with Crippen LogP contribution in [0.3, 0.4) is 0 Å². The summed E-state index contributed by atoms with van der Waals surface area (Å²) >= 11 is 0. The molecule has 0 spiro atoms. The molecular formula is C30H28N4O. The summed E-state index contributed by atoms with van der Waals surface area (Å²) in [6.07, 6.45) is 1.82. The molecule has 0 radical (unpaired) electrons. The summed E-state index contributed by atoms with van der Waals surface area (Å²) in [4.78, 5) is 16.4. The highest BCUT2D eigenvalue weighted by Crippen LogP contribution is 2.43. The zero-order valence-electron chi connectivity index (χ0n) is 20.1. The average molecular weight is 461 g/mol. The summed E-state index contributed by atoms with van der Waals surface area (Å²) in [5, 5.41) is 9.09. The van der Waals surface area contributed by atoms with Gasteiger partial charge in [-0.1, -0.05) is 105 Å². The first-order valence-electron chi connectivity index (χ1n) is 11.8. The second-order valence-electron chi connectivity index (χ2n) is 9.03. The lowest BCUT2D eigenvalue weighted by Gasteiger charge is -2.37. The monoisotopic (exact) mass is 460 g/mol. The number of amides is 1. The first kappa shape index (κ1) is 22.5. The van der Waals surface area contributed by atoms with Crippen LogP contribution in [-0.2, 0) is 10.3 Å². The fraction of sp³-hybridized carbons (Fsp3) is 0.167. The van der Waals surface area contributed by atoms with Crippen molar-refractivity contribution in [3.63, 3.8) is 0 Å². The van der Waals surface area contributed by atoms with E-state index in [1.54, 1.807) is 0 Å². The summed E-state index contributed by atoms with van der Waals surface area (Å²) in [6, 6.07) is 33.3. The molecule has 0 atom stereocenters. The average Bonchev–Trinajstić information content (AvgIpc) is 3.26. The van der Waals surface area contributed by atoms with Crippen molar-refractivity contribution in [2.24, 2.45) is 0 Å². The number of carbonyl (C=O) groups is 1. The van der Waals surface area contributed by atoms with Gasteiger partial charge in [-0.2, -0.15) is 5.10 Å². The molecule has 35 heavy (non-hydrogen) atoms. The van der Waals surface area contributed by atoms with Gasteiger partial charge in [-0.15, -0.1) is 0 Å². The van der Waals surface area contributed by atoms with Gasteiger partial charge in [-0.25, -0.2) is 9.67 Å². The van der Waals surface area contributed by atoms with Gasteiger partial charge in [0.25, 0.3) is 0 Å². The first-order chi connectivity index (χ1) is 17.0. The van der Waals surface area contributed by atoms with Gasteiger partial charge in [-0.05, 0) is 22.6 Å². The predicted octanol–water partition coefficient (Wildman–Crippen LogP) is 6.35. The van der Waals surface area contributed by atoms with E-state index in [2.05, 4.69) is 102 Å². The summed E-state index contributed by atoms with van der Waals surface area (Å²) < 4.78 is 2.12. The maximum absolute atomic E-state index is 11.8. The number of fused-ring (bicyclic) bond motifs is 1. The minimum Gasteiger partial charge on any atom is -0.311 e. The zero-order valence-corrected chi connectivity index (χ0v) is 20.1. The van der Waals surface area contributed by atoms with Crippen LogP contribution in [0.15, 0.2) is 103 Å². The molecule has 5 rings (SSSR count). The SMILES string of the molecule is CC(=O)Nc1cc2c(cn1)c(C(C)C)nn2C(c1ccccc1)(c1ccccc1)c1ccccc1. The number of rotatable bonds is 6. The standard InChI is InChI=1S/C30H28N4O/c1-21(2)29-26-20-31-28(32-22(3)35)19-27(26)34(33-29)30(23-13-7-4-8-14-23,24-15-9-5-10-16-24)25-17-11-6-12-18-25/h4-21H,1-3H3,(H,31,32,35). The van der Waals surface area contributed by atoms with Gasteiger partial charge < -0.3 is 5.32 Å².